The van der Waals surface area contributed by atoms with Crippen LogP contribution in [-0.2, 0) is 4.79 Å². The zero-order chi connectivity index (χ0) is 28.1. The van der Waals surface area contributed by atoms with Crippen molar-refractivity contribution in [1.29, 1.82) is 5.41 Å². The lowest BCUT2D eigenvalue weighted by Gasteiger charge is -2.18. The number of amides is 1. The number of anilines is 1. The first-order chi connectivity index (χ1) is 18.7. The van der Waals surface area contributed by atoms with Gasteiger partial charge in [0, 0.05) is 71.4 Å². The molecule has 0 bridgehead atoms. The monoisotopic (exact) mass is 543 g/mol. The molecule has 0 aliphatic heterocycles. The second-order valence-corrected chi connectivity index (χ2v) is 10.8. The second kappa shape index (κ2) is 12.6. The lowest BCUT2D eigenvalue weighted by Crippen LogP contribution is -2.25. The fourth-order valence-corrected chi connectivity index (χ4v) is 4.54. The number of hydrogen-bond donors (Lipinski definition) is 1. The summed E-state index contributed by atoms with van der Waals surface area (Å²) in [6.07, 6.45) is 11.0. The summed E-state index contributed by atoms with van der Waals surface area (Å²) >= 11 is 6.16. The standard InChI is InChI=1S/C32H38ClN5O/c1-6-22(2)20-35-32-31(23(3)34)29(24-12-14-25(33)15-13-24)21-38(32)28-10-7-9-27(19-28)37(5)30(39)11-8-18-36(4)26-16-17-26/h7-15,19-22,26,34H,6,16-18H2,1-5H3. The molecule has 1 N–H and O–H groups in total. The molecule has 39 heavy (non-hydrogen) atoms. The molecular weight excluding hydrogens is 506 g/mol. The van der Waals surface area contributed by atoms with Gasteiger partial charge in [-0.3, -0.25) is 9.69 Å². The Morgan fingerprint density at radius 3 is 2.56 bits per heavy atom. The molecule has 3 aromatic rings. The maximum absolute atomic E-state index is 12.9. The summed E-state index contributed by atoms with van der Waals surface area (Å²) in [4.78, 5) is 21.8. The molecular formula is C32H38ClN5O. The first kappa shape index (κ1) is 28.5. The third kappa shape index (κ3) is 6.94. The third-order valence-electron chi connectivity index (χ3n) is 7.25. The van der Waals surface area contributed by atoms with Crippen LogP contribution in [0.25, 0.3) is 16.8 Å². The van der Waals surface area contributed by atoms with Gasteiger partial charge >= 0.3 is 0 Å². The van der Waals surface area contributed by atoms with Crippen molar-refractivity contribution in [1.82, 2.24) is 9.47 Å². The van der Waals surface area contributed by atoms with Crippen LogP contribution in [0.15, 0.2) is 71.9 Å². The summed E-state index contributed by atoms with van der Waals surface area (Å²) in [6, 6.07) is 16.2. The van der Waals surface area contributed by atoms with Gasteiger partial charge in [0.05, 0.1) is 0 Å². The molecule has 1 saturated carbocycles. The highest BCUT2D eigenvalue weighted by molar-refractivity contribution is 6.30. The van der Waals surface area contributed by atoms with Crippen LogP contribution in [0.5, 0.6) is 0 Å². The van der Waals surface area contributed by atoms with Gasteiger partial charge in [0.1, 0.15) is 5.82 Å². The zero-order valence-corrected chi connectivity index (χ0v) is 24.2. The van der Waals surface area contributed by atoms with Gasteiger partial charge in [-0.05, 0) is 75.0 Å². The van der Waals surface area contributed by atoms with Gasteiger partial charge in [-0.1, -0.05) is 49.7 Å². The highest BCUT2D eigenvalue weighted by atomic mass is 35.5. The number of carbonyl (C=O) groups excluding carboxylic acids is 1. The Kier molecular flexibility index (Phi) is 9.20. The van der Waals surface area contributed by atoms with Crippen molar-refractivity contribution in [3.8, 4) is 16.8 Å². The number of nitrogens with zero attached hydrogens (tertiary/aromatic N) is 4. The molecule has 4 rings (SSSR count). The molecule has 1 unspecified atom stereocenters. The number of rotatable bonds is 11. The predicted octanol–water partition coefficient (Wildman–Crippen LogP) is 7.55. The molecule has 1 fully saturated rings. The lowest BCUT2D eigenvalue weighted by atomic mass is 10.0. The summed E-state index contributed by atoms with van der Waals surface area (Å²) in [5, 5.41) is 9.29. The number of carbonyl (C=O) groups is 1. The first-order valence-electron chi connectivity index (χ1n) is 13.6. The Balaban J connectivity index is 1.72. The molecule has 1 aliphatic rings. The van der Waals surface area contributed by atoms with Crippen molar-refractivity contribution in [3.63, 3.8) is 0 Å². The van der Waals surface area contributed by atoms with E-state index in [1.165, 1.54) is 12.8 Å². The Morgan fingerprint density at radius 1 is 1.21 bits per heavy atom. The topological polar surface area (TPSA) is 64.7 Å². The van der Waals surface area contributed by atoms with E-state index in [1.807, 2.05) is 71.6 Å². The molecule has 0 saturated heterocycles. The van der Waals surface area contributed by atoms with E-state index < -0.39 is 0 Å². The second-order valence-electron chi connectivity index (χ2n) is 10.4. The Morgan fingerprint density at radius 2 is 1.92 bits per heavy atom. The average molecular weight is 544 g/mol. The molecule has 0 radical (unpaired) electrons. The summed E-state index contributed by atoms with van der Waals surface area (Å²) in [5.41, 5.74) is 4.72. The van der Waals surface area contributed by atoms with Crippen molar-refractivity contribution in [2.24, 2.45) is 10.9 Å². The van der Waals surface area contributed by atoms with Gasteiger partial charge in [-0.15, -0.1) is 0 Å². The molecule has 1 atom stereocenters. The van der Waals surface area contributed by atoms with Crippen molar-refractivity contribution in [3.05, 3.63) is 77.5 Å². The van der Waals surface area contributed by atoms with Crippen LogP contribution in [0, 0.1) is 11.3 Å². The van der Waals surface area contributed by atoms with Crippen LogP contribution < -0.4 is 4.90 Å². The Labute approximate surface area is 237 Å². The predicted molar refractivity (Wildman–Crippen MR) is 165 cm³/mol. The van der Waals surface area contributed by atoms with Crippen LogP contribution in [0.3, 0.4) is 0 Å². The fraction of sp³-hybridized carbons (Fsp3) is 0.344. The SMILES string of the molecule is CCC(C)C=Nc1c(C(C)=N)c(-c2ccc(Cl)cc2)cn1-c1cccc(N(C)C(=O)C=CCN(C)C2CC2)c1. The fourth-order valence-electron chi connectivity index (χ4n) is 4.42. The quantitative estimate of drug-likeness (QED) is 0.200. The molecule has 7 heteroatoms. The highest BCUT2D eigenvalue weighted by Gasteiger charge is 2.25. The molecule has 1 aromatic heterocycles. The largest absolute Gasteiger partial charge is 0.312 e. The van der Waals surface area contributed by atoms with Gasteiger partial charge in [-0.2, -0.15) is 0 Å². The Bertz CT molecular complexity index is 1380. The van der Waals surface area contributed by atoms with Crippen LogP contribution in [0.4, 0.5) is 11.5 Å². The van der Waals surface area contributed by atoms with Crippen molar-refractivity contribution >= 4 is 40.9 Å². The van der Waals surface area contributed by atoms with Crippen molar-refractivity contribution in [2.75, 3.05) is 25.5 Å². The van der Waals surface area contributed by atoms with Crippen LogP contribution in [0.2, 0.25) is 5.02 Å². The van der Waals surface area contributed by atoms with Gasteiger partial charge < -0.3 is 14.9 Å². The molecule has 0 spiro atoms. The molecule has 6 nitrogen and oxygen atoms in total. The van der Waals surface area contributed by atoms with Crippen LogP contribution in [0.1, 0.15) is 45.6 Å². The smallest absolute Gasteiger partial charge is 0.250 e. The van der Waals surface area contributed by atoms with Gasteiger partial charge in [0.15, 0.2) is 0 Å². The average Bonchev–Trinajstić information content (AvgIpc) is 3.72. The summed E-state index contributed by atoms with van der Waals surface area (Å²) < 4.78 is 2.01. The van der Waals surface area contributed by atoms with Gasteiger partial charge in [0.25, 0.3) is 0 Å². The zero-order valence-electron chi connectivity index (χ0n) is 23.5. The maximum Gasteiger partial charge on any atom is 0.250 e. The van der Waals surface area contributed by atoms with Crippen molar-refractivity contribution in [2.45, 2.75) is 46.1 Å². The number of likely N-dealkylation sites (N-methyl/N-ethyl adjacent to an activating group) is 2. The molecule has 1 aliphatic carbocycles. The third-order valence-corrected chi connectivity index (χ3v) is 7.51. The number of hydrogen-bond acceptors (Lipinski definition) is 4. The summed E-state index contributed by atoms with van der Waals surface area (Å²) in [7, 11) is 3.89. The van der Waals surface area contributed by atoms with E-state index in [2.05, 4.69) is 25.8 Å². The van der Waals surface area contributed by atoms with E-state index in [4.69, 9.17) is 22.0 Å². The van der Waals surface area contributed by atoms with E-state index in [-0.39, 0.29) is 5.91 Å². The number of halogens is 1. The van der Waals surface area contributed by atoms with E-state index in [0.29, 0.717) is 28.5 Å². The minimum atomic E-state index is -0.0725. The highest BCUT2D eigenvalue weighted by Crippen LogP contribution is 2.37. The normalized spacial score (nSPS) is 14.4. The number of nitrogens with one attached hydrogen (secondary N) is 1. The summed E-state index contributed by atoms with van der Waals surface area (Å²) in [5.74, 6) is 0.922. The number of aliphatic imine (C=N–C) groups is 1. The van der Waals surface area contributed by atoms with E-state index in [9.17, 15) is 4.79 Å². The first-order valence-corrected chi connectivity index (χ1v) is 13.9. The number of aromatic nitrogens is 1. The van der Waals surface area contributed by atoms with Gasteiger partial charge in [-0.25, -0.2) is 4.99 Å². The minimum absolute atomic E-state index is 0.0725. The minimum Gasteiger partial charge on any atom is -0.312 e. The molecule has 2 aromatic carbocycles. The number of benzene rings is 2. The van der Waals surface area contributed by atoms with Crippen LogP contribution in [-0.4, -0.2) is 54.0 Å². The maximum atomic E-state index is 12.9. The summed E-state index contributed by atoms with van der Waals surface area (Å²) in [6.45, 7) is 6.82. The molecule has 1 heterocycles. The van der Waals surface area contributed by atoms with Crippen LogP contribution >= 0.6 is 11.6 Å². The van der Waals surface area contributed by atoms with Gasteiger partial charge in [0.2, 0.25) is 5.91 Å². The molecule has 204 valence electrons. The van der Waals surface area contributed by atoms with E-state index in [0.717, 1.165) is 41.0 Å². The van der Waals surface area contributed by atoms with Crippen molar-refractivity contribution < 1.29 is 4.79 Å². The van der Waals surface area contributed by atoms with E-state index in [1.54, 1.807) is 24.9 Å². The molecule has 1 amide bonds. The Hall–Kier alpha value is -3.48. The lowest BCUT2D eigenvalue weighted by molar-refractivity contribution is -0.113. The van der Waals surface area contributed by atoms with E-state index >= 15 is 0 Å².